The van der Waals surface area contributed by atoms with E-state index in [1.807, 2.05) is 50.2 Å². The number of carbonyl (C=O) groups excluding carboxylic acids is 2. The lowest BCUT2D eigenvalue weighted by atomic mass is 10.1. The maximum Gasteiger partial charge on any atom is 0.263 e. The number of methoxy groups -OCH3 is 2. The molecule has 2 N–H and O–H groups in total. The minimum atomic E-state index is -0.397. The molecule has 1 aromatic heterocycles. The minimum Gasteiger partial charge on any atom is -0.496 e. The molecule has 0 fully saturated rings. The van der Waals surface area contributed by atoms with Crippen molar-refractivity contribution < 1.29 is 23.8 Å². The highest BCUT2D eigenvalue weighted by atomic mass is 32.2. The normalized spacial score (nSPS) is 11.6. The van der Waals surface area contributed by atoms with Crippen LogP contribution in [0.3, 0.4) is 0 Å². The van der Waals surface area contributed by atoms with Gasteiger partial charge in [0.15, 0.2) is 5.13 Å². The number of benzene rings is 3. The summed E-state index contributed by atoms with van der Waals surface area (Å²) in [4.78, 5) is 31.2. The van der Waals surface area contributed by atoms with Crippen LogP contribution in [-0.2, 0) is 4.79 Å². The number of thioether (sulfide) groups is 1. The van der Waals surface area contributed by atoms with Crippen LogP contribution in [0.2, 0.25) is 0 Å². The van der Waals surface area contributed by atoms with Crippen LogP contribution in [0.4, 0.5) is 10.8 Å². The van der Waals surface area contributed by atoms with Crippen LogP contribution in [0, 0.1) is 0 Å². The van der Waals surface area contributed by atoms with Gasteiger partial charge in [-0.2, -0.15) is 0 Å². The molecular weight excluding hydrogens is 510 g/mol. The van der Waals surface area contributed by atoms with Gasteiger partial charge in [0.2, 0.25) is 5.91 Å². The zero-order chi connectivity index (χ0) is 26.4. The van der Waals surface area contributed by atoms with Gasteiger partial charge in [-0.15, -0.1) is 11.8 Å². The molecule has 0 radical (unpaired) electrons. The Kier molecular flexibility index (Phi) is 8.52. The van der Waals surface area contributed by atoms with Crippen molar-refractivity contribution in [3.63, 3.8) is 0 Å². The molecular formula is C27H27N3O5S2. The maximum absolute atomic E-state index is 13.0. The van der Waals surface area contributed by atoms with Crippen LogP contribution < -0.4 is 24.8 Å². The Morgan fingerprint density at radius 2 is 1.73 bits per heavy atom. The Balaban J connectivity index is 1.41. The average molecular weight is 538 g/mol. The van der Waals surface area contributed by atoms with Gasteiger partial charge in [-0.1, -0.05) is 23.5 Å². The number of fused-ring (bicyclic) bond motifs is 1. The van der Waals surface area contributed by atoms with E-state index in [4.69, 9.17) is 14.2 Å². The van der Waals surface area contributed by atoms with Gasteiger partial charge in [0.1, 0.15) is 22.8 Å². The monoisotopic (exact) mass is 537 g/mol. The fourth-order valence-corrected chi connectivity index (χ4v) is 5.42. The van der Waals surface area contributed by atoms with Crippen molar-refractivity contribution in [1.29, 1.82) is 0 Å². The van der Waals surface area contributed by atoms with Gasteiger partial charge in [-0.3, -0.25) is 9.59 Å². The molecule has 2 amide bonds. The number of nitrogens with zero attached hydrogens (tertiary/aromatic N) is 1. The largest absolute Gasteiger partial charge is 0.496 e. The molecule has 0 saturated carbocycles. The van der Waals surface area contributed by atoms with Crippen molar-refractivity contribution >= 4 is 55.9 Å². The van der Waals surface area contributed by atoms with E-state index in [-0.39, 0.29) is 11.8 Å². The molecule has 1 heterocycles. The lowest BCUT2D eigenvalue weighted by molar-refractivity contribution is -0.115. The van der Waals surface area contributed by atoms with Crippen LogP contribution in [-0.4, -0.2) is 42.9 Å². The fourth-order valence-electron chi connectivity index (χ4n) is 3.60. The third kappa shape index (κ3) is 6.33. The summed E-state index contributed by atoms with van der Waals surface area (Å²) in [7, 11) is 3.00. The number of hydrogen-bond acceptors (Lipinski definition) is 8. The predicted octanol–water partition coefficient (Wildman–Crippen LogP) is 6.08. The molecule has 0 aliphatic carbocycles. The third-order valence-corrected chi connectivity index (χ3v) is 7.36. The van der Waals surface area contributed by atoms with Gasteiger partial charge in [-0.05, 0) is 62.4 Å². The predicted molar refractivity (Wildman–Crippen MR) is 149 cm³/mol. The molecule has 3 aromatic carbocycles. The van der Waals surface area contributed by atoms with E-state index < -0.39 is 5.25 Å². The average Bonchev–Trinajstić information content (AvgIpc) is 3.29. The maximum atomic E-state index is 13.0. The smallest absolute Gasteiger partial charge is 0.263 e. The first kappa shape index (κ1) is 26.3. The number of thiazole rings is 1. The zero-order valence-corrected chi connectivity index (χ0v) is 22.5. The number of rotatable bonds is 10. The highest BCUT2D eigenvalue weighted by Crippen LogP contribution is 2.32. The summed E-state index contributed by atoms with van der Waals surface area (Å²) in [5, 5.41) is 5.93. The second kappa shape index (κ2) is 12.0. The van der Waals surface area contributed by atoms with Crippen LogP contribution in [0.15, 0.2) is 65.6 Å². The molecule has 1 unspecified atom stereocenters. The molecule has 0 spiro atoms. The molecule has 4 rings (SSSR count). The summed E-state index contributed by atoms with van der Waals surface area (Å²) in [6, 6.07) is 18.1. The standard InChI is InChI=1S/C27H27N3O5S2/c1-5-35-18-12-13-20-23(15-18)37-27(29-20)30-25(31)16(2)36-19-9-6-8-17(14-19)28-26(32)24-21(33-3)10-7-11-22(24)34-4/h6-16H,5H2,1-4H3,(H,28,32)(H,29,30,31). The third-order valence-electron chi connectivity index (χ3n) is 5.33. The Bertz CT molecular complexity index is 1400. The van der Waals surface area contributed by atoms with Gasteiger partial charge < -0.3 is 24.8 Å². The second-order valence-electron chi connectivity index (χ2n) is 7.85. The summed E-state index contributed by atoms with van der Waals surface area (Å²) >= 11 is 2.79. The van der Waals surface area contributed by atoms with E-state index in [0.29, 0.717) is 34.5 Å². The molecule has 1 atom stereocenters. The van der Waals surface area contributed by atoms with Crippen LogP contribution in [0.1, 0.15) is 24.2 Å². The minimum absolute atomic E-state index is 0.165. The van der Waals surface area contributed by atoms with Gasteiger partial charge in [0.05, 0.1) is 36.3 Å². The van der Waals surface area contributed by atoms with Gasteiger partial charge in [0.25, 0.3) is 5.91 Å². The van der Waals surface area contributed by atoms with Gasteiger partial charge in [0, 0.05) is 10.6 Å². The van der Waals surface area contributed by atoms with Crippen molar-refractivity contribution in [2.75, 3.05) is 31.5 Å². The van der Waals surface area contributed by atoms with Crippen molar-refractivity contribution in [3.05, 3.63) is 66.2 Å². The zero-order valence-electron chi connectivity index (χ0n) is 20.9. The highest BCUT2D eigenvalue weighted by Gasteiger charge is 2.20. The first-order valence-corrected chi connectivity index (χ1v) is 13.2. The van der Waals surface area contributed by atoms with Crippen LogP contribution in [0.25, 0.3) is 10.2 Å². The number of nitrogens with one attached hydrogen (secondary N) is 2. The van der Waals surface area contributed by atoms with Crippen molar-refractivity contribution in [1.82, 2.24) is 4.98 Å². The second-order valence-corrected chi connectivity index (χ2v) is 10.3. The topological polar surface area (TPSA) is 98.8 Å². The van der Waals surface area contributed by atoms with Crippen molar-refractivity contribution in [3.8, 4) is 17.2 Å². The molecule has 4 aromatic rings. The van der Waals surface area contributed by atoms with Gasteiger partial charge in [-0.25, -0.2) is 4.98 Å². The molecule has 37 heavy (non-hydrogen) atoms. The first-order valence-electron chi connectivity index (χ1n) is 11.5. The van der Waals surface area contributed by atoms with E-state index in [0.717, 1.165) is 20.9 Å². The lowest BCUT2D eigenvalue weighted by Crippen LogP contribution is -2.22. The molecule has 8 nitrogen and oxygen atoms in total. The van der Waals surface area contributed by atoms with E-state index in [1.54, 1.807) is 24.3 Å². The molecule has 192 valence electrons. The number of ether oxygens (including phenoxy) is 3. The van der Waals surface area contributed by atoms with E-state index in [1.165, 1.54) is 37.3 Å². The van der Waals surface area contributed by atoms with E-state index >= 15 is 0 Å². The van der Waals surface area contributed by atoms with Crippen LogP contribution in [0.5, 0.6) is 17.2 Å². The number of amides is 2. The van der Waals surface area contributed by atoms with Crippen molar-refractivity contribution in [2.45, 2.75) is 24.0 Å². The van der Waals surface area contributed by atoms with Crippen molar-refractivity contribution in [2.24, 2.45) is 0 Å². The Morgan fingerprint density at radius 1 is 1.00 bits per heavy atom. The number of carbonyl (C=O) groups is 2. The Labute approximate surface area is 223 Å². The fraction of sp³-hybridized carbons (Fsp3) is 0.222. The number of aromatic nitrogens is 1. The Morgan fingerprint density at radius 3 is 2.43 bits per heavy atom. The molecule has 10 heteroatoms. The SMILES string of the molecule is CCOc1ccc2nc(NC(=O)C(C)Sc3cccc(NC(=O)c4c(OC)cccc4OC)c3)sc2c1. The highest BCUT2D eigenvalue weighted by molar-refractivity contribution is 8.00. The molecule has 0 aliphatic heterocycles. The van der Waals surface area contributed by atoms with Crippen LogP contribution >= 0.6 is 23.1 Å². The quantitative estimate of drug-likeness (QED) is 0.236. The first-order chi connectivity index (χ1) is 17.9. The number of anilines is 2. The number of hydrogen-bond donors (Lipinski definition) is 2. The molecule has 0 saturated heterocycles. The summed E-state index contributed by atoms with van der Waals surface area (Å²) in [6.45, 7) is 4.34. The summed E-state index contributed by atoms with van der Waals surface area (Å²) in [5.74, 6) is 1.08. The lowest BCUT2D eigenvalue weighted by Gasteiger charge is -2.14. The van der Waals surface area contributed by atoms with E-state index in [2.05, 4.69) is 15.6 Å². The van der Waals surface area contributed by atoms with E-state index in [9.17, 15) is 9.59 Å². The summed E-state index contributed by atoms with van der Waals surface area (Å²) < 4.78 is 17.2. The summed E-state index contributed by atoms with van der Waals surface area (Å²) in [5.41, 5.74) is 1.70. The molecule has 0 aliphatic rings. The summed E-state index contributed by atoms with van der Waals surface area (Å²) in [6.07, 6.45) is 0. The Hall–Kier alpha value is -3.76. The molecule has 0 bridgehead atoms. The van der Waals surface area contributed by atoms with Gasteiger partial charge >= 0.3 is 0 Å².